The Morgan fingerprint density at radius 1 is 1.46 bits per heavy atom. The van der Waals surface area contributed by atoms with Gasteiger partial charge < -0.3 is 17.7 Å². The predicted octanol–water partition coefficient (Wildman–Crippen LogP) is 2.30. The first-order chi connectivity index (χ1) is 5.91. The van der Waals surface area contributed by atoms with Gasteiger partial charge in [0.2, 0.25) is 0 Å². The van der Waals surface area contributed by atoms with Crippen LogP contribution in [0.15, 0.2) is 18.3 Å². The molecule has 13 heavy (non-hydrogen) atoms. The second-order valence-electron chi connectivity index (χ2n) is 2.31. The van der Waals surface area contributed by atoms with E-state index in [4.69, 9.17) is 11.6 Å². The summed E-state index contributed by atoms with van der Waals surface area (Å²) in [4.78, 5) is 14.1. The first-order valence-corrected chi connectivity index (χ1v) is 3.65. The first kappa shape index (κ1) is 10.0. The van der Waals surface area contributed by atoms with Crippen LogP contribution in [0.1, 0.15) is 10.4 Å². The van der Waals surface area contributed by atoms with Gasteiger partial charge in [-0.2, -0.15) is 0 Å². The molecule has 1 aromatic rings. The maximum absolute atomic E-state index is 11.9. The van der Waals surface area contributed by atoms with E-state index in [1.807, 2.05) is 0 Å². The van der Waals surface area contributed by atoms with Crippen LogP contribution in [0.2, 0.25) is 5.15 Å². The summed E-state index contributed by atoms with van der Waals surface area (Å²) in [5.74, 6) is 0. The number of nitrogens with zero attached hydrogens (tertiary/aromatic N) is 1. The van der Waals surface area contributed by atoms with Gasteiger partial charge in [0.05, 0.1) is 0 Å². The molecule has 70 valence electrons. The molecule has 0 aliphatic rings. The van der Waals surface area contributed by atoms with Crippen molar-refractivity contribution in [3.05, 3.63) is 29.0 Å². The third-order valence-corrected chi connectivity index (χ3v) is 1.52. The molecule has 0 bridgehead atoms. The van der Waals surface area contributed by atoms with E-state index in [0.29, 0.717) is 0 Å². The van der Waals surface area contributed by atoms with Crippen LogP contribution in [-0.2, 0) is 0 Å². The van der Waals surface area contributed by atoms with Crippen LogP contribution in [0.5, 0.6) is 0 Å². The van der Waals surface area contributed by atoms with E-state index in [9.17, 15) is 17.7 Å². The molecule has 0 fully saturated rings. The zero-order chi connectivity index (χ0) is 10.1. The van der Waals surface area contributed by atoms with Crippen molar-refractivity contribution >= 4 is 24.3 Å². The fourth-order valence-electron chi connectivity index (χ4n) is 0.745. The Kier molecular flexibility index (Phi) is 2.61. The molecule has 7 heteroatoms. The highest BCUT2D eigenvalue weighted by Crippen LogP contribution is 2.17. The SMILES string of the molecule is O=C(c1ccnc(Cl)c1)[B-](F)(F)F. The summed E-state index contributed by atoms with van der Waals surface area (Å²) in [5, 5.41) is -0.133. The molecule has 2 nitrogen and oxygen atoms in total. The summed E-state index contributed by atoms with van der Waals surface area (Å²) in [6, 6.07) is 1.86. The van der Waals surface area contributed by atoms with Crippen molar-refractivity contribution in [2.24, 2.45) is 0 Å². The van der Waals surface area contributed by atoms with Gasteiger partial charge in [0.15, 0.2) is 0 Å². The van der Waals surface area contributed by atoms with Crippen molar-refractivity contribution in [3.8, 4) is 0 Å². The highest BCUT2D eigenvalue weighted by atomic mass is 35.5. The summed E-state index contributed by atoms with van der Waals surface area (Å²) >= 11 is 5.32. The van der Waals surface area contributed by atoms with Gasteiger partial charge in [-0.05, 0) is 17.7 Å². The molecule has 0 aromatic carbocycles. The smallest absolute Gasteiger partial charge is 0.443 e. The largest absolute Gasteiger partial charge is 0.549 e. The zero-order valence-corrected chi connectivity index (χ0v) is 6.93. The number of hydrogen-bond donors (Lipinski definition) is 0. The molecular weight excluding hydrogens is 205 g/mol. The van der Waals surface area contributed by atoms with Crippen LogP contribution < -0.4 is 0 Å². The van der Waals surface area contributed by atoms with E-state index in [0.717, 1.165) is 18.3 Å². The molecule has 0 spiro atoms. The number of carbonyl (C=O) groups excluding carboxylic acids is 1. The van der Waals surface area contributed by atoms with Gasteiger partial charge in [0.1, 0.15) is 10.8 Å². The predicted molar refractivity (Wildman–Crippen MR) is 42.7 cm³/mol. The average Bonchev–Trinajstić information content (AvgIpc) is 2.01. The molecule has 1 rings (SSSR count). The third-order valence-electron chi connectivity index (χ3n) is 1.31. The van der Waals surface area contributed by atoms with Crippen LogP contribution in [0, 0.1) is 0 Å². The van der Waals surface area contributed by atoms with E-state index in [1.54, 1.807) is 0 Å². The highest BCUT2D eigenvalue weighted by Gasteiger charge is 2.34. The average molecular weight is 208 g/mol. The molecule has 0 unspecified atom stereocenters. The summed E-state index contributed by atoms with van der Waals surface area (Å²) in [7, 11) is 0. The van der Waals surface area contributed by atoms with Gasteiger partial charge in [0, 0.05) is 6.20 Å². The number of halogens is 4. The van der Waals surface area contributed by atoms with E-state index >= 15 is 0 Å². The normalized spacial score (nSPS) is 11.4. The van der Waals surface area contributed by atoms with Crippen molar-refractivity contribution in [2.75, 3.05) is 0 Å². The molecule has 0 saturated carbocycles. The van der Waals surface area contributed by atoms with Gasteiger partial charge in [-0.15, -0.1) is 0 Å². The van der Waals surface area contributed by atoms with Gasteiger partial charge in [-0.3, -0.25) is 0 Å². The van der Waals surface area contributed by atoms with Crippen molar-refractivity contribution in [1.29, 1.82) is 0 Å². The Balaban J connectivity index is 3.03. The second-order valence-corrected chi connectivity index (χ2v) is 2.69. The Hall–Kier alpha value is -1.04. The molecule has 0 atom stereocenters. The molecule has 0 N–H and O–H groups in total. The Labute approximate surface area is 76.8 Å². The number of hydrogen-bond acceptors (Lipinski definition) is 2. The van der Waals surface area contributed by atoms with E-state index in [2.05, 4.69) is 4.98 Å². The highest BCUT2D eigenvalue weighted by molar-refractivity contribution is 6.93. The molecule has 0 aliphatic heterocycles. The van der Waals surface area contributed by atoms with Gasteiger partial charge in [0.25, 0.3) is 0 Å². The lowest BCUT2D eigenvalue weighted by molar-refractivity contribution is 0.102. The summed E-state index contributed by atoms with van der Waals surface area (Å²) < 4.78 is 35.7. The van der Waals surface area contributed by atoms with Gasteiger partial charge in [-0.1, -0.05) is 11.6 Å². The minimum atomic E-state index is -5.49. The van der Waals surface area contributed by atoms with Crippen LogP contribution in [0.3, 0.4) is 0 Å². The number of carbonyl (C=O) groups is 1. The van der Waals surface area contributed by atoms with Gasteiger partial charge >= 0.3 is 6.98 Å². The molecule has 0 radical (unpaired) electrons. The van der Waals surface area contributed by atoms with Crippen LogP contribution in [-0.4, -0.2) is 17.6 Å². The second kappa shape index (κ2) is 3.37. The lowest BCUT2D eigenvalue weighted by Gasteiger charge is -2.12. The number of rotatable bonds is 2. The van der Waals surface area contributed by atoms with E-state index < -0.39 is 18.2 Å². The molecule has 0 saturated heterocycles. The topological polar surface area (TPSA) is 30.0 Å². The minimum absolute atomic E-state index is 0.133. The number of aromatic nitrogens is 1. The van der Waals surface area contributed by atoms with E-state index in [1.165, 1.54) is 0 Å². The van der Waals surface area contributed by atoms with Gasteiger partial charge in [-0.25, -0.2) is 4.98 Å². The standard InChI is InChI=1S/C6H3BClF3NO/c8-5-3-4(1-2-12-5)6(13)7(9,10)11/h1-3H/q-1. The maximum atomic E-state index is 11.9. The van der Waals surface area contributed by atoms with Crippen molar-refractivity contribution in [3.63, 3.8) is 0 Å². The molecular formula is C6H3BClF3NO-. The Morgan fingerprint density at radius 2 is 2.08 bits per heavy atom. The monoisotopic (exact) mass is 208 g/mol. The maximum Gasteiger partial charge on any atom is 0.549 e. The third kappa shape index (κ3) is 2.45. The lowest BCUT2D eigenvalue weighted by atomic mass is 9.80. The first-order valence-electron chi connectivity index (χ1n) is 3.27. The summed E-state index contributed by atoms with van der Waals surface area (Å²) in [6.07, 6.45) is 1.05. The van der Waals surface area contributed by atoms with Crippen LogP contribution in [0.4, 0.5) is 12.9 Å². The Morgan fingerprint density at radius 3 is 2.54 bits per heavy atom. The van der Waals surface area contributed by atoms with Crippen LogP contribution >= 0.6 is 11.6 Å². The number of pyridine rings is 1. The summed E-state index contributed by atoms with van der Waals surface area (Å²) in [5.41, 5.74) is -2.34. The van der Waals surface area contributed by atoms with Crippen molar-refractivity contribution in [2.45, 2.75) is 0 Å². The quantitative estimate of drug-likeness (QED) is 0.551. The van der Waals surface area contributed by atoms with E-state index in [-0.39, 0.29) is 5.15 Å². The fraction of sp³-hybridized carbons (Fsp3) is 0. The molecule has 1 aromatic heterocycles. The lowest BCUT2D eigenvalue weighted by Crippen LogP contribution is -2.29. The van der Waals surface area contributed by atoms with Crippen molar-refractivity contribution < 1.29 is 17.7 Å². The molecule has 0 amide bonds. The summed E-state index contributed by atoms with van der Waals surface area (Å²) in [6.45, 7) is -5.49. The Bertz CT molecular complexity index is 341. The fourth-order valence-corrected chi connectivity index (χ4v) is 0.919. The minimum Gasteiger partial charge on any atom is -0.443 e. The zero-order valence-electron chi connectivity index (χ0n) is 6.18. The molecule has 0 aliphatic carbocycles. The van der Waals surface area contributed by atoms with Crippen LogP contribution in [0.25, 0.3) is 0 Å². The van der Waals surface area contributed by atoms with Crippen molar-refractivity contribution in [1.82, 2.24) is 4.98 Å². The molecule has 1 heterocycles.